The van der Waals surface area contributed by atoms with Crippen molar-refractivity contribution in [2.45, 2.75) is 18.9 Å². The second-order valence-electron chi connectivity index (χ2n) is 5.12. The Hall–Kier alpha value is -2.02. The third-order valence-electron chi connectivity index (χ3n) is 3.58. The first-order chi connectivity index (χ1) is 11.0. The maximum atomic E-state index is 13.3. The average molecular weight is 343 g/mol. The van der Waals surface area contributed by atoms with Crippen LogP contribution in [-0.2, 0) is 4.79 Å². The summed E-state index contributed by atoms with van der Waals surface area (Å²) in [7, 11) is 3.21. The molecule has 126 valence electrons. The lowest BCUT2D eigenvalue weighted by molar-refractivity contribution is -0.115. The zero-order valence-corrected chi connectivity index (χ0v) is 13.9. The number of amides is 1. The zero-order valence-electron chi connectivity index (χ0n) is 13.1. The van der Waals surface area contributed by atoms with Gasteiger partial charge < -0.3 is 20.4 Å². The minimum absolute atomic E-state index is 0.0777. The third-order valence-corrected chi connectivity index (χ3v) is 3.89. The molecule has 0 saturated carbocycles. The number of carbonyl (C=O) groups is 1. The van der Waals surface area contributed by atoms with Crippen LogP contribution in [0.5, 0.6) is 5.75 Å². The van der Waals surface area contributed by atoms with Crippen molar-refractivity contribution in [1.82, 2.24) is 15.6 Å². The smallest absolute Gasteiger partial charge is 0.288 e. The Morgan fingerprint density at radius 3 is 2.70 bits per heavy atom. The van der Waals surface area contributed by atoms with Gasteiger partial charge in [-0.15, -0.1) is 0 Å². The molecule has 0 radical (unpaired) electrons. The first kappa shape index (κ1) is 17.3. The Balaban J connectivity index is 1.96. The zero-order chi connectivity index (χ0) is 16.8. The van der Waals surface area contributed by atoms with Gasteiger partial charge in [-0.2, -0.15) is 5.10 Å². The van der Waals surface area contributed by atoms with E-state index in [0.29, 0.717) is 42.5 Å². The van der Waals surface area contributed by atoms with Crippen molar-refractivity contribution in [2.75, 3.05) is 27.2 Å². The largest absolute Gasteiger partial charge is 0.489 e. The van der Waals surface area contributed by atoms with Crippen LogP contribution in [0.25, 0.3) is 0 Å². The highest BCUT2D eigenvalue weighted by molar-refractivity contribution is 6.37. The number of ether oxygens (including phenoxy) is 1. The fraction of sp³-hybridized carbons (Fsp3) is 0.467. The molecule has 0 bridgehead atoms. The van der Waals surface area contributed by atoms with Crippen molar-refractivity contribution in [3.05, 3.63) is 29.0 Å². The summed E-state index contributed by atoms with van der Waals surface area (Å²) >= 11 is 6.01. The number of hydrogen-bond acceptors (Lipinski definition) is 4. The number of likely N-dealkylation sites (tertiary alicyclic amines) is 1. The van der Waals surface area contributed by atoms with Crippen molar-refractivity contribution in [1.29, 1.82) is 0 Å². The number of likely N-dealkylation sites (N-methyl/N-ethyl adjacent to an activating group) is 1. The average Bonchev–Trinajstić information content (AvgIpc) is 2.56. The molecule has 1 heterocycles. The fourth-order valence-electron chi connectivity index (χ4n) is 2.42. The molecule has 2 N–H and O–H groups in total. The molecular weight excluding hydrogens is 323 g/mol. The van der Waals surface area contributed by atoms with Crippen LogP contribution in [0.1, 0.15) is 12.8 Å². The van der Waals surface area contributed by atoms with Crippen LogP contribution >= 0.6 is 11.6 Å². The van der Waals surface area contributed by atoms with E-state index in [0.717, 1.165) is 0 Å². The molecule has 0 unspecified atom stereocenters. The summed E-state index contributed by atoms with van der Waals surface area (Å²) in [6.07, 6.45) is 1.30. The van der Waals surface area contributed by atoms with Crippen molar-refractivity contribution >= 4 is 23.3 Å². The number of hydrazone groups is 1. The number of hydrogen-bond donors (Lipinski definition) is 2. The summed E-state index contributed by atoms with van der Waals surface area (Å²) in [5, 5.41) is 6.98. The minimum atomic E-state index is -0.384. The first-order valence-corrected chi connectivity index (χ1v) is 7.76. The summed E-state index contributed by atoms with van der Waals surface area (Å²) in [6.45, 7) is 1.23. The summed E-state index contributed by atoms with van der Waals surface area (Å²) in [5.74, 6) is 0.0644. The van der Waals surface area contributed by atoms with Gasteiger partial charge in [-0.3, -0.25) is 4.79 Å². The highest BCUT2D eigenvalue weighted by Crippen LogP contribution is 2.28. The van der Waals surface area contributed by atoms with Gasteiger partial charge in [0.2, 0.25) is 5.84 Å². The van der Waals surface area contributed by atoms with E-state index >= 15 is 0 Å². The number of benzene rings is 1. The number of nitrogens with one attached hydrogen (secondary N) is 2. The molecular formula is C15H20ClFN4O2. The molecule has 1 aliphatic heterocycles. The molecule has 0 aromatic heterocycles. The standard InChI is InChI=1S/C15H20ClFN4O2/c1-18-15(22)14(20-19-2)21-7-5-11(6-8-21)23-13-9-10(17)3-4-12(13)16/h3-4,9,11,19H,5-8H2,1-2H3,(H,18,22)/b20-14+. The molecule has 0 aliphatic carbocycles. The van der Waals surface area contributed by atoms with Crippen LogP contribution < -0.4 is 15.5 Å². The number of piperidine rings is 1. The minimum Gasteiger partial charge on any atom is -0.489 e. The van der Waals surface area contributed by atoms with Gasteiger partial charge >= 0.3 is 0 Å². The van der Waals surface area contributed by atoms with E-state index in [9.17, 15) is 9.18 Å². The van der Waals surface area contributed by atoms with Crippen LogP contribution in [0, 0.1) is 5.82 Å². The fourth-order valence-corrected chi connectivity index (χ4v) is 2.58. The topological polar surface area (TPSA) is 66.0 Å². The maximum Gasteiger partial charge on any atom is 0.288 e. The van der Waals surface area contributed by atoms with Crippen molar-refractivity contribution < 1.29 is 13.9 Å². The van der Waals surface area contributed by atoms with Gasteiger partial charge in [-0.05, 0) is 12.1 Å². The molecule has 1 saturated heterocycles. The van der Waals surface area contributed by atoms with Crippen LogP contribution in [0.4, 0.5) is 4.39 Å². The molecule has 1 aromatic carbocycles. The molecule has 0 atom stereocenters. The van der Waals surface area contributed by atoms with E-state index in [4.69, 9.17) is 16.3 Å². The van der Waals surface area contributed by atoms with E-state index < -0.39 is 0 Å². The Bertz CT molecular complexity index is 589. The van der Waals surface area contributed by atoms with E-state index in [1.807, 2.05) is 4.90 Å². The number of amidine groups is 1. The number of halogens is 2. The monoisotopic (exact) mass is 342 g/mol. The Kier molecular flexibility index (Phi) is 6.04. The maximum absolute atomic E-state index is 13.3. The number of carbonyl (C=O) groups excluding carboxylic acids is 1. The summed E-state index contributed by atoms with van der Waals surface area (Å²) in [5.41, 5.74) is 2.64. The summed E-state index contributed by atoms with van der Waals surface area (Å²) in [4.78, 5) is 13.7. The molecule has 0 spiro atoms. The SMILES string of the molecule is CN/N=C(\C(=O)NC)N1CCC(Oc2cc(F)ccc2Cl)CC1. The second kappa shape index (κ2) is 8.01. The van der Waals surface area contributed by atoms with Crippen LogP contribution in [0.15, 0.2) is 23.3 Å². The highest BCUT2D eigenvalue weighted by Gasteiger charge is 2.26. The van der Waals surface area contributed by atoms with Crippen LogP contribution in [0.3, 0.4) is 0 Å². The van der Waals surface area contributed by atoms with Crippen molar-refractivity contribution in [2.24, 2.45) is 5.10 Å². The van der Waals surface area contributed by atoms with Gasteiger partial charge in [0.05, 0.1) is 5.02 Å². The van der Waals surface area contributed by atoms with Gasteiger partial charge in [0.15, 0.2) is 0 Å². The molecule has 1 fully saturated rings. The molecule has 23 heavy (non-hydrogen) atoms. The number of rotatable bonds is 3. The third kappa shape index (κ3) is 4.48. The lowest BCUT2D eigenvalue weighted by Crippen LogP contribution is -2.48. The van der Waals surface area contributed by atoms with Gasteiger partial charge in [-0.1, -0.05) is 11.6 Å². The van der Waals surface area contributed by atoms with Gasteiger partial charge in [-0.25, -0.2) is 4.39 Å². The van der Waals surface area contributed by atoms with E-state index in [2.05, 4.69) is 15.8 Å². The molecule has 1 amide bonds. The molecule has 8 heteroatoms. The van der Waals surface area contributed by atoms with Crippen LogP contribution in [-0.4, -0.2) is 49.9 Å². The predicted molar refractivity (Wildman–Crippen MR) is 87.2 cm³/mol. The van der Waals surface area contributed by atoms with Gasteiger partial charge in [0.25, 0.3) is 5.91 Å². The summed E-state index contributed by atoms with van der Waals surface area (Å²) < 4.78 is 19.1. The first-order valence-electron chi connectivity index (χ1n) is 7.38. The van der Waals surface area contributed by atoms with Crippen molar-refractivity contribution in [3.8, 4) is 5.75 Å². The quantitative estimate of drug-likeness (QED) is 0.497. The lowest BCUT2D eigenvalue weighted by atomic mass is 10.1. The van der Waals surface area contributed by atoms with Crippen molar-refractivity contribution in [3.63, 3.8) is 0 Å². The number of nitrogens with zero attached hydrogens (tertiary/aromatic N) is 2. The molecule has 1 aromatic rings. The lowest BCUT2D eigenvalue weighted by Gasteiger charge is -2.33. The predicted octanol–water partition coefficient (Wildman–Crippen LogP) is 1.60. The van der Waals surface area contributed by atoms with E-state index in [1.165, 1.54) is 18.2 Å². The van der Waals surface area contributed by atoms with E-state index in [-0.39, 0.29) is 17.8 Å². The molecule has 2 rings (SSSR count). The van der Waals surface area contributed by atoms with E-state index in [1.54, 1.807) is 14.1 Å². The molecule has 6 nitrogen and oxygen atoms in total. The normalized spacial score (nSPS) is 16.2. The van der Waals surface area contributed by atoms with Gasteiger partial charge in [0, 0.05) is 46.1 Å². The second-order valence-corrected chi connectivity index (χ2v) is 5.52. The molecule has 1 aliphatic rings. The van der Waals surface area contributed by atoms with Crippen LogP contribution in [0.2, 0.25) is 5.02 Å². The highest BCUT2D eigenvalue weighted by atomic mass is 35.5. The Morgan fingerprint density at radius 2 is 2.09 bits per heavy atom. The Morgan fingerprint density at radius 1 is 1.39 bits per heavy atom. The van der Waals surface area contributed by atoms with Gasteiger partial charge in [0.1, 0.15) is 17.7 Å². The summed E-state index contributed by atoms with van der Waals surface area (Å²) in [6, 6.07) is 4.05. The Labute approximate surface area is 139 Å².